The molecule has 0 saturated carbocycles. The third kappa shape index (κ3) is 4.84. The summed E-state index contributed by atoms with van der Waals surface area (Å²) in [6.45, 7) is 9.14. The van der Waals surface area contributed by atoms with Gasteiger partial charge in [0.25, 0.3) is 0 Å². The van der Waals surface area contributed by atoms with E-state index in [4.69, 9.17) is 4.74 Å². The average Bonchev–Trinajstić information content (AvgIpc) is 2.25. The monoisotopic (exact) mass is 207 g/mol. The van der Waals surface area contributed by atoms with Crippen molar-refractivity contribution in [1.82, 2.24) is 5.32 Å². The van der Waals surface area contributed by atoms with E-state index in [0.717, 1.165) is 25.4 Å². The van der Waals surface area contributed by atoms with Gasteiger partial charge in [-0.1, -0.05) is 32.9 Å². The molecule has 0 fully saturated rings. The first-order valence-electron chi connectivity index (χ1n) is 5.64. The molecule has 15 heavy (non-hydrogen) atoms. The summed E-state index contributed by atoms with van der Waals surface area (Å²) in [7, 11) is 0. The Bertz CT molecular complexity index is 266. The van der Waals surface area contributed by atoms with Gasteiger partial charge in [0.2, 0.25) is 0 Å². The summed E-state index contributed by atoms with van der Waals surface area (Å²) in [5.74, 6) is 1.54. The first-order valence-corrected chi connectivity index (χ1v) is 5.64. The van der Waals surface area contributed by atoms with E-state index < -0.39 is 0 Å². The van der Waals surface area contributed by atoms with Crippen molar-refractivity contribution in [3.63, 3.8) is 0 Å². The van der Waals surface area contributed by atoms with Gasteiger partial charge >= 0.3 is 0 Å². The fraction of sp³-hybridized carbons (Fsp3) is 0.538. The number of benzene rings is 1. The second-order valence-electron chi connectivity index (χ2n) is 4.13. The van der Waals surface area contributed by atoms with Crippen LogP contribution in [0, 0.1) is 5.92 Å². The molecule has 1 rings (SSSR count). The molecule has 2 nitrogen and oxygen atoms in total. The smallest absolute Gasteiger partial charge is 0.119 e. The van der Waals surface area contributed by atoms with Gasteiger partial charge in [0.1, 0.15) is 5.75 Å². The zero-order chi connectivity index (χ0) is 11.1. The molecule has 84 valence electrons. The average molecular weight is 207 g/mol. The summed E-state index contributed by atoms with van der Waals surface area (Å²) >= 11 is 0. The van der Waals surface area contributed by atoms with Crippen LogP contribution >= 0.6 is 0 Å². The minimum absolute atomic E-state index is 0.575. The summed E-state index contributed by atoms with van der Waals surface area (Å²) in [6.07, 6.45) is 0. The second-order valence-corrected chi connectivity index (χ2v) is 4.13. The van der Waals surface area contributed by atoms with Crippen molar-refractivity contribution in [3.05, 3.63) is 29.8 Å². The predicted molar refractivity (Wildman–Crippen MR) is 64.2 cm³/mol. The van der Waals surface area contributed by atoms with E-state index in [1.807, 2.05) is 12.1 Å². The van der Waals surface area contributed by atoms with Crippen LogP contribution < -0.4 is 10.1 Å². The van der Waals surface area contributed by atoms with Crippen LogP contribution in [0.2, 0.25) is 0 Å². The molecule has 2 heteroatoms. The molecular formula is C13H21NO. The highest BCUT2D eigenvalue weighted by Crippen LogP contribution is 2.12. The van der Waals surface area contributed by atoms with Crippen molar-refractivity contribution in [1.29, 1.82) is 0 Å². The maximum Gasteiger partial charge on any atom is 0.119 e. The second kappa shape index (κ2) is 6.46. The van der Waals surface area contributed by atoms with E-state index in [1.165, 1.54) is 5.56 Å². The van der Waals surface area contributed by atoms with Gasteiger partial charge in [-0.15, -0.1) is 0 Å². The summed E-state index contributed by atoms with van der Waals surface area (Å²) in [5.41, 5.74) is 1.30. The van der Waals surface area contributed by atoms with Crippen LogP contribution in [0.25, 0.3) is 0 Å². The zero-order valence-electron chi connectivity index (χ0n) is 9.92. The molecule has 0 aromatic heterocycles. The third-order valence-corrected chi connectivity index (χ3v) is 2.09. The van der Waals surface area contributed by atoms with Gasteiger partial charge in [0.15, 0.2) is 0 Å². The first kappa shape index (κ1) is 12.1. The SMILES string of the molecule is CCNCc1ccc(OCC(C)C)cc1. The molecule has 0 spiro atoms. The van der Waals surface area contributed by atoms with Crippen molar-refractivity contribution >= 4 is 0 Å². The van der Waals surface area contributed by atoms with E-state index in [1.54, 1.807) is 0 Å². The Morgan fingerprint density at radius 1 is 1.20 bits per heavy atom. The quantitative estimate of drug-likeness (QED) is 0.774. The predicted octanol–water partition coefficient (Wildman–Crippen LogP) is 2.83. The summed E-state index contributed by atoms with van der Waals surface area (Å²) in [4.78, 5) is 0. The number of ether oxygens (including phenoxy) is 1. The van der Waals surface area contributed by atoms with Crippen molar-refractivity contribution in [2.75, 3.05) is 13.2 Å². The summed E-state index contributed by atoms with van der Waals surface area (Å²) < 4.78 is 5.61. The number of hydrogen-bond donors (Lipinski definition) is 1. The Hall–Kier alpha value is -1.02. The Labute approximate surface area is 92.6 Å². The fourth-order valence-electron chi connectivity index (χ4n) is 1.24. The number of nitrogens with one attached hydrogen (secondary N) is 1. The molecule has 0 saturated heterocycles. The molecule has 0 heterocycles. The van der Waals surface area contributed by atoms with Crippen LogP contribution in [0.4, 0.5) is 0 Å². The van der Waals surface area contributed by atoms with Crippen LogP contribution in [-0.4, -0.2) is 13.2 Å². The molecule has 0 amide bonds. The van der Waals surface area contributed by atoms with Crippen LogP contribution in [0.15, 0.2) is 24.3 Å². The molecule has 0 atom stereocenters. The van der Waals surface area contributed by atoms with E-state index in [2.05, 4.69) is 38.2 Å². The lowest BCUT2D eigenvalue weighted by molar-refractivity contribution is 0.271. The molecule has 0 bridgehead atoms. The molecule has 1 aromatic carbocycles. The maximum absolute atomic E-state index is 5.61. The lowest BCUT2D eigenvalue weighted by atomic mass is 10.2. The Kier molecular flexibility index (Phi) is 5.19. The Balaban J connectivity index is 2.41. The van der Waals surface area contributed by atoms with Crippen molar-refractivity contribution in [2.24, 2.45) is 5.92 Å². The Morgan fingerprint density at radius 2 is 1.87 bits per heavy atom. The van der Waals surface area contributed by atoms with E-state index in [-0.39, 0.29) is 0 Å². The van der Waals surface area contributed by atoms with Gasteiger partial charge in [-0.25, -0.2) is 0 Å². The largest absolute Gasteiger partial charge is 0.493 e. The zero-order valence-corrected chi connectivity index (χ0v) is 9.92. The molecular weight excluding hydrogens is 186 g/mol. The highest BCUT2D eigenvalue weighted by molar-refractivity contribution is 5.27. The normalized spacial score (nSPS) is 10.7. The van der Waals surface area contributed by atoms with E-state index in [0.29, 0.717) is 5.92 Å². The van der Waals surface area contributed by atoms with Gasteiger partial charge in [0.05, 0.1) is 6.61 Å². The van der Waals surface area contributed by atoms with Crippen molar-refractivity contribution < 1.29 is 4.74 Å². The standard InChI is InChI=1S/C13H21NO/c1-4-14-9-12-5-7-13(8-6-12)15-10-11(2)3/h5-8,11,14H,4,9-10H2,1-3H3. The van der Waals surface area contributed by atoms with Crippen molar-refractivity contribution in [3.8, 4) is 5.75 Å². The maximum atomic E-state index is 5.61. The van der Waals surface area contributed by atoms with E-state index >= 15 is 0 Å². The number of hydrogen-bond acceptors (Lipinski definition) is 2. The van der Waals surface area contributed by atoms with Gasteiger partial charge in [-0.3, -0.25) is 0 Å². The van der Waals surface area contributed by atoms with Crippen LogP contribution in [-0.2, 0) is 6.54 Å². The highest BCUT2D eigenvalue weighted by Gasteiger charge is 1.97. The molecule has 0 unspecified atom stereocenters. The van der Waals surface area contributed by atoms with Gasteiger partial charge in [0, 0.05) is 6.54 Å². The molecule has 0 radical (unpaired) electrons. The lowest BCUT2D eigenvalue weighted by Gasteiger charge is -2.09. The summed E-state index contributed by atoms with van der Waals surface area (Å²) in [5, 5.41) is 3.29. The van der Waals surface area contributed by atoms with Crippen LogP contribution in [0.1, 0.15) is 26.3 Å². The molecule has 0 aliphatic heterocycles. The minimum Gasteiger partial charge on any atom is -0.493 e. The Morgan fingerprint density at radius 3 is 2.40 bits per heavy atom. The van der Waals surface area contributed by atoms with E-state index in [9.17, 15) is 0 Å². The van der Waals surface area contributed by atoms with Crippen LogP contribution in [0.3, 0.4) is 0 Å². The minimum atomic E-state index is 0.575. The third-order valence-electron chi connectivity index (χ3n) is 2.09. The van der Waals surface area contributed by atoms with Crippen LogP contribution in [0.5, 0.6) is 5.75 Å². The molecule has 1 N–H and O–H groups in total. The molecule has 1 aromatic rings. The van der Waals surface area contributed by atoms with Gasteiger partial charge in [-0.2, -0.15) is 0 Å². The van der Waals surface area contributed by atoms with Gasteiger partial charge in [-0.05, 0) is 30.2 Å². The number of rotatable bonds is 6. The first-order chi connectivity index (χ1) is 7.22. The van der Waals surface area contributed by atoms with Gasteiger partial charge < -0.3 is 10.1 Å². The topological polar surface area (TPSA) is 21.3 Å². The fourth-order valence-corrected chi connectivity index (χ4v) is 1.24. The molecule has 0 aliphatic carbocycles. The summed E-state index contributed by atoms with van der Waals surface area (Å²) in [6, 6.07) is 8.29. The molecule has 0 aliphatic rings. The highest BCUT2D eigenvalue weighted by atomic mass is 16.5. The lowest BCUT2D eigenvalue weighted by Crippen LogP contribution is -2.11. The van der Waals surface area contributed by atoms with Crippen molar-refractivity contribution in [2.45, 2.75) is 27.3 Å².